The molecule has 0 aliphatic carbocycles. The van der Waals surface area contributed by atoms with Crippen molar-refractivity contribution in [3.05, 3.63) is 40.0 Å². The van der Waals surface area contributed by atoms with Crippen LogP contribution in [0.3, 0.4) is 0 Å². The van der Waals surface area contributed by atoms with Gasteiger partial charge in [0.25, 0.3) is 0 Å². The Morgan fingerprint density at radius 2 is 1.88 bits per heavy atom. The molecule has 0 aliphatic rings. The summed E-state index contributed by atoms with van der Waals surface area (Å²) in [6.45, 7) is 3.72. The molecule has 0 spiro atoms. The third kappa shape index (κ3) is 4.88. The number of alkyl halides is 3. The Morgan fingerprint density at radius 3 is 2.50 bits per heavy atom. The van der Waals surface area contributed by atoms with Crippen LogP contribution in [0.2, 0.25) is 10.0 Å². The van der Waals surface area contributed by atoms with E-state index in [4.69, 9.17) is 23.2 Å². The molecule has 0 aliphatic heterocycles. The minimum atomic E-state index is -4.59. The molecule has 0 unspecified atom stereocenters. The van der Waals surface area contributed by atoms with Crippen molar-refractivity contribution in [3.63, 3.8) is 0 Å². The van der Waals surface area contributed by atoms with Gasteiger partial charge in [-0.25, -0.2) is 4.98 Å². The second-order valence-electron chi connectivity index (χ2n) is 5.16. The molecule has 9 heteroatoms. The van der Waals surface area contributed by atoms with Crippen LogP contribution in [0.25, 0.3) is 0 Å². The number of rotatable bonds is 5. The van der Waals surface area contributed by atoms with E-state index in [1.165, 1.54) is 12.1 Å². The third-order valence-corrected chi connectivity index (χ3v) is 3.76. The van der Waals surface area contributed by atoms with Crippen molar-refractivity contribution >= 4 is 40.7 Å². The summed E-state index contributed by atoms with van der Waals surface area (Å²) >= 11 is 11.9. The first-order valence-corrected chi connectivity index (χ1v) is 7.89. The largest absolute Gasteiger partial charge is 0.433 e. The van der Waals surface area contributed by atoms with Crippen LogP contribution in [-0.2, 0) is 6.18 Å². The van der Waals surface area contributed by atoms with Crippen LogP contribution in [0.5, 0.6) is 0 Å². The number of anilines is 3. The van der Waals surface area contributed by atoms with Crippen molar-refractivity contribution in [2.45, 2.75) is 32.5 Å². The first-order chi connectivity index (χ1) is 11.2. The molecule has 0 fully saturated rings. The maximum Gasteiger partial charge on any atom is 0.433 e. The molecule has 1 atom stereocenters. The highest BCUT2D eigenvalue weighted by Crippen LogP contribution is 2.32. The van der Waals surface area contributed by atoms with Crippen LogP contribution >= 0.6 is 23.2 Å². The zero-order valence-electron chi connectivity index (χ0n) is 12.9. The number of nitrogens with zero attached hydrogens (tertiary/aromatic N) is 2. The Bertz CT molecular complexity index is 722. The number of hydrogen-bond acceptors (Lipinski definition) is 4. The number of nitrogens with one attached hydrogen (secondary N) is 2. The van der Waals surface area contributed by atoms with Gasteiger partial charge < -0.3 is 10.6 Å². The van der Waals surface area contributed by atoms with E-state index >= 15 is 0 Å². The molecule has 0 amide bonds. The molecular weight excluding hydrogens is 364 g/mol. The first-order valence-electron chi connectivity index (χ1n) is 7.14. The quantitative estimate of drug-likeness (QED) is 0.694. The smallest absolute Gasteiger partial charge is 0.352 e. The first kappa shape index (κ1) is 18.6. The summed E-state index contributed by atoms with van der Waals surface area (Å²) in [4.78, 5) is 7.59. The fourth-order valence-electron chi connectivity index (χ4n) is 1.77. The molecule has 0 saturated heterocycles. The normalized spacial score (nSPS) is 12.8. The SMILES string of the molecule is CC[C@H](C)Nc1nc(Nc2cc(Cl)ccc2Cl)cc(C(F)(F)F)n1. The predicted molar refractivity (Wildman–Crippen MR) is 90.2 cm³/mol. The number of aromatic nitrogens is 2. The predicted octanol–water partition coefficient (Wildman–Crippen LogP) is 5.76. The second kappa shape index (κ2) is 7.44. The summed E-state index contributed by atoms with van der Waals surface area (Å²) < 4.78 is 39.2. The molecular formula is C15H15Cl2F3N4. The molecule has 2 aromatic rings. The van der Waals surface area contributed by atoms with E-state index in [0.717, 1.165) is 6.07 Å². The van der Waals surface area contributed by atoms with Gasteiger partial charge in [0.05, 0.1) is 10.7 Å². The van der Waals surface area contributed by atoms with Crippen molar-refractivity contribution in [2.24, 2.45) is 0 Å². The summed E-state index contributed by atoms with van der Waals surface area (Å²) in [5, 5.41) is 6.29. The highest BCUT2D eigenvalue weighted by molar-refractivity contribution is 6.35. The lowest BCUT2D eigenvalue weighted by molar-refractivity contribution is -0.141. The Labute approximate surface area is 147 Å². The van der Waals surface area contributed by atoms with E-state index < -0.39 is 11.9 Å². The summed E-state index contributed by atoms with van der Waals surface area (Å²) in [5.41, 5.74) is -0.700. The molecule has 4 nitrogen and oxygen atoms in total. The molecule has 0 radical (unpaired) electrons. The van der Waals surface area contributed by atoms with Gasteiger partial charge in [-0.1, -0.05) is 30.1 Å². The summed E-state index contributed by atoms with van der Waals surface area (Å²) in [6, 6.07) is 5.36. The van der Waals surface area contributed by atoms with Crippen molar-refractivity contribution in [1.82, 2.24) is 9.97 Å². The van der Waals surface area contributed by atoms with Gasteiger partial charge >= 0.3 is 6.18 Å². The van der Waals surface area contributed by atoms with Crippen LogP contribution < -0.4 is 10.6 Å². The Balaban J connectivity index is 2.40. The van der Waals surface area contributed by atoms with Crippen molar-refractivity contribution < 1.29 is 13.2 Å². The van der Waals surface area contributed by atoms with E-state index in [1.807, 2.05) is 13.8 Å². The lowest BCUT2D eigenvalue weighted by Gasteiger charge is -2.16. The van der Waals surface area contributed by atoms with Gasteiger partial charge in [-0.3, -0.25) is 0 Å². The Morgan fingerprint density at radius 1 is 1.17 bits per heavy atom. The van der Waals surface area contributed by atoms with Gasteiger partial charge in [0.15, 0.2) is 5.69 Å². The lowest BCUT2D eigenvalue weighted by atomic mass is 10.3. The minimum Gasteiger partial charge on any atom is -0.352 e. The Kier molecular flexibility index (Phi) is 5.77. The monoisotopic (exact) mass is 378 g/mol. The van der Waals surface area contributed by atoms with Gasteiger partial charge in [-0.15, -0.1) is 0 Å². The average molecular weight is 379 g/mol. The van der Waals surface area contributed by atoms with Crippen molar-refractivity contribution in [1.29, 1.82) is 0 Å². The fraction of sp³-hybridized carbons (Fsp3) is 0.333. The van der Waals surface area contributed by atoms with Crippen LogP contribution in [0.4, 0.5) is 30.6 Å². The molecule has 0 saturated carbocycles. The van der Waals surface area contributed by atoms with E-state index in [0.29, 0.717) is 22.2 Å². The molecule has 1 heterocycles. The van der Waals surface area contributed by atoms with Gasteiger partial charge in [0, 0.05) is 17.1 Å². The number of hydrogen-bond donors (Lipinski definition) is 2. The third-order valence-electron chi connectivity index (χ3n) is 3.20. The van der Waals surface area contributed by atoms with Crippen molar-refractivity contribution in [3.8, 4) is 0 Å². The molecule has 1 aromatic carbocycles. The molecule has 24 heavy (non-hydrogen) atoms. The number of halogens is 5. The standard InChI is InChI=1S/C15H15Cl2F3N4/c1-3-8(2)21-14-23-12(15(18,19)20)7-13(24-14)22-11-6-9(16)4-5-10(11)17/h4-8H,3H2,1-2H3,(H2,21,22,23,24)/t8-/m0/s1. The average Bonchev–Trinajstić information content (AvgIpc) is 2.49. The topological polar surface area (TPSA) is 49.8 Å². The van der Waals surface area contributed by atoms with Crippen LogP contribution in [0.1, 0.15) is 26.0 Å². The zero-order chi connectivity index (χ0) is 17.9. The van der Waals surface area contributed by atoms with Crippen LogP contribution in [-0.4, -0.2) is 16.0 Å². The summed E-state index contributed by atoms with van der Waals surface area (Å²) in [6.07, 6.45) is -3.88. The van der Waals surface area contributed by atoms with E-state index in [2.05, 4.69) is 20.6 Å². The van der Waals surface area contributed by atoms with Crippen molar-refractivity contribution in [2.75, 3.05) is 10.6 Å². The maximum atomic E-state index is 13.1. The Hall–Kier alpha value is -1.73. The lowest BCUT2D eigenvalue weighted by Crippen LogP contribution is -2.18. The molecule has 2 rings (SSSR count). The zero-order valence-corrected chi connectivity index (χ0v) is 14.4. The van der Waals surface area contributed by atoms with Crippen LogP contribution in [0, 0.1) is 0 Å². The number of benzene rings is 1. The molecule has 2 N–H and O–H groups in total. The van der Waals surface area contributed by atoms with Gasteiger partial charge in [-0.2, -0.15) is 18.2 Å². The molecule has 130 valence electrons. The second-order valence-corrected chi connectivity index (χ2v) is 6.01. The van der Waals surface area contributed by atoms with Crippen LogP contribution in [0.15, 0.2) is 24.3 Å². The van der Waals surface area contributed by atoms with E-state index in [1.54, 1.807) is 6.07 Å². The van der Waals surface area contributed by atoms with E-state index in [-0.39, 0.29) is 17.8 Å². The fourth-order valence-corrected chi connectivity index (χ4v) is 2.11. The maximum absolute atomic E-state index is 13.1. The summed E-state index contributed by atoms with van der Waals surface area (Å²) in [7, 11) is 0. The van der Waals surface area contributed by atoms with Gasteiger partial charge in [0.2, 0.25) is 5.95 Å². The van der Waals surface area contributed by atoms with E-state index in [9.17, 15) is 13.2 Å². The molecule has 1 aromatic heterocycles. The van der Waals surface area contributed by atoms with Gasteiger partial charge in [0.1, 0.15) is 5.82 Å². The minimum absolute atomic E-state index is 0.0349. The highest BCUT2D eigenvalue weighted by Gasteiger charge is 2.34. The highest BCUT2D eigenvalue weighted by atomic mass is 35.5. The molecule has 0 bridgehead atoms. The van der Waals surface area contributed by atoms with Gasteiger partial charge in [-0.05, 0) is 31.5 Å². The summed E-state index contributed by atoms with van der Waals surface area (Å²) in [5.74, 6) is -0.146.